The maximum atomic E-state index is 6.72. The summed E-state index contributed by atoms with van der Waals surface area (Å²) >= 11 is 0. The van der Waals surface area contributed by atoms with Crippen LogP contribution in [0.5, 0.6) is 5.75 Å². The van der Waals surface area contributed by atoms with E-state index in [0.717, 1.165) is 61.9 Å². The van der Waals surface area contributed by atoms with E-state index in [0.29, 0.717) is 0 Å². The number of likely N-dealkylation sites (tertiary alicyclic amines) is 1. The summed E-state index contributed by atoms with van der Waals surface area (Å²) in [6.45, 7) is 4.95. The van der Waals surface area contributed by atoms with Gasteiger partial charge in [-0.05, 0) is 30.7 Å². The Hall–Kier alpha value is -3.05. The molecule has 0 unspecified atom stereocenters. The summed E-state index contributed by atoms with van der Waals surface area (Å²) in [5, 5.41) is 7.34. The first-order chi connectivity index (χ1) is 15.2. The van der Waals surface area contributed by atoms with Gasteiger partial charge in [-0.15, -0.1) is 0 Å². The highest BCUT2D eigenvalue weighted by Crippen LogP contribution is 2.50. The van der Waals surface area contributed by atoms with Gasteiger partial charge in [0.05, 0.1) is 6.04 Å². The van der Waals surface area contributed by atoms with Crippen LogP contribution in [0.15, 0.2) is 76.2 Å². The number of fused-ring (bicyclic) bond motifs is 4. The standard InChI is InChI=1S/C26H27N3O2/c1-19-11-12-25(30-19)22-17-23-21-9-5-6-10-24(21)31-26(29(23)27-22)13-15-28(16-14-26)18-20-7-3-2-4-8-20/h2-12,23H,13-18H2,1H3/t23-/m1/s1. The van der Waals surface area contributed by atoms with Crippen LogP contribution < -0.4 is 4.74 Å². The number of hydrazone groups is 1. The van der Waals surface area contributed by atoms with Gasteiger partial charge in [-0.25, -0.2) is 5.01 Å². The van der Waals surface area contributed by atoms with Crippen LogP contribution in [0.25, 0.3) is 0 Å². The van der Waals surface area contributed by atoms with Crippen LogP contribution in [0.3, 0.4) is 0 Å². The van der Waals surface area contributed by atoms with Gasteiger partial charge in [0, 0.05) is 44.5 Å². The van der Waals surface area contributed by atoms with E-state index in [-0.39, 0.29) is 6.04 Å². The van der Waals surface area contributed by atoms with Crippen molar-refractivity contribution in [2.75, 3.05) is 13.1 Å². The van der Waals surface area contributed by atoms with Crippen molar-refractivity contribution in [3.8, 4) is 5.75 Å². The van der Waals surface area contributed by atoms with Crippen molar-refractivity contribution in [1.29, 1.82) is 0 Å². The summed E-state index contributed by atoms with van der Waals surface area (Å²) < 4.78 is 12.6. The summed E-state index contributed by atoms with van der Waals surface area (Å²) in [6, 6.07) is 23.4. The molecule has 6 rings (SSSR count). The fraction of sp³-hybridized carbons (Fsp3) is 0.346. The average molecular weight is 414 g/mol. The Morgan fingerprint density at radius 2 is 1.74 bits per heavy atom. The van der Waals surface area contributed by atoms with Gasteiger partial charge in [-0.1, -0.05) is 48.5 Å². The number of piperidine rings is 1. The molecule has 5 heteroatoms. The molecule has 1 atom stereocenters. The van der Waals surface area contributed by atoms with E-state index in [4.69, 9.17) is 14.3 Å². The SMILES string of the molecule is Cc1ccc(C2=NN3[C@H](C2)c2ccccc2OC32CCN(Cc3ccccc3)CC2)o1. The van der Waals surface area contributed by atoms with Gasteiger partial charge < -0.3 is 9.15 Å². The van der Waals surface area contributed by atoms with E-state index >= 15 is 0 Å². The van der Waals surface area contributed by atoms with Crippen molar-refractivity contribution in [1.82, 2.24) is 9.91 Å². The first-order valence-electron chi connectivity index (χ1n) is 11.2. The normalized spacial score (nSPS) is 22.0. The van der Waals surface area contributed by atoms with E-state index < -0.39 is 5.72 Å². The second-order valence-corrected chi connectivity index (χ2v) is 8.87. The summed E-state index contributed by atoms with van der Waals surface area (Å²) in [4.78, 5) is 2.52. The number of nitrogens with zero attached hydrogens (tertiary/aromatic N) is 3. The predicted molar refractivity (Wildman–Crippen MR) is 120 cm³/mol. The lowest BCUT2D eigenvalue weighted by molar-refractivity contribution is -0.150. The van der Waals surface area contributed by atoms with Crippen molar-refractivity contribution in [2.24, 2.45) is 5.10 Å². The smallest absolute Gasteiger partial charge is 0.200 e. The van der Waals surface area contributed by atoms with Crippen molar-refractivity contribution in [3.05, 3.63) is 89.4 Å². The molecule has 5 nitrogen and oxygen atoms in total. The molecule has 2 aromatic carbocycles. The Bertz CT molecular complexity index is 1110. The first kappa shape index (κ1) is 18.7. The minimum Gasteiger partial charge on any atom is -0.466 e. The molecule has 4 heterocycles. The Balaban J connectivity index is 1.29. The molecule has 3 aliphatic heterocycles. The highest BCUT2D eigenvalue weighted by atomic mass is 16.5. The molecule has 0 aliphatic carbocycles. The zero-order chi connectivity index (χ0) is 20.8. The third kappa shape index (κ3) is 3.24. The summed E-state index contributed by atoms with van der Waals surface area (Å²) in [6.07, 6.45) is 2.71. The monoisotopic (exact) mass is 413 g/mol. The minimum atomic E-state index is -0.393. The molecule has 1 spiro atoms. The largest absolute Gasteiger partial charge is 0.466 e. The van der Waals surface area contributed by atoms with Gasteiger partial charge in [-0.3, -0.25) is 4.90 Å². The number of benzene rings is 2. The third-order valence-electron chi connectivity index (χ3n) is 6.82. The number of para-hydroxylation sites is 1. The van der Waals surface area contributed by atoms with Crippen molar-refractivity contribution < 1.29 is 9.15 Å². The van der Waals surface area contributed by atoms with Gasteiger partial charge in [0.15, 0.2) is 0 Å². The van der Waals surface area contributed by atoms with Crippen LogP contribution in [0, 0.1) is 6.92 Å². The number of ether oxygens (including phenoxy) is 1. The molecule has 3 aliphatic rings. The van der Waals surface area contributed by atoms with E-state index in [1.807, 2.05) is 19.1 Å². The second-order valence-electron chi connectivity index (χ2n) is 8.87. The van der Waals surface area contributed by atoms with Crippen molar-refractivity contribution >= 4 is 5.71 Å². The molecule has 0 N–H and O–H groups in total. The Morgan fingerprint density at radius 1 is 0.968 bits per heavy atom. The van der Waals surface area contributed by atoms with Crippen LogP contribution in [0.4, 0.5) is 0 Å². The van der Waals surface area contributed by atoms with Gasteiger partial charge in [-0.2, -0.15) is 5.10 Å². The zero-order valence-corrected chi connectivity index (χ0v) is 17.8. The molecule has 0 amide bonds. The van der Waals surface area contributed by atoms with Crippen LogP contribution in [-0.2, 0) is 6.54 Å². The molecule has 158 valence electrons. The van der Waals surface area contributed by atoms with Crippen molar-refractivity contribution in [2.45, 2.75) is 44.5 Å². The summed E-state index contributed by atoms with van der Waals surface area (Å²) in [5.74, 6) is 2.80. The molecular formula is C26H27N3O2. The van der Waals surface area contributed by atoms with E-state index in [1.165, 1.54) is 11.1 Å². The number of aryl methyl sites for hydroxylation is 1. The topological polar surface area (TPSA) is 41.2 Å². The highest BCUT2D eigenvalue weighted by Gasteiger charge is 2.52. The molecule has 1 aromatic heterocycles. The van der Waals surface area contributed by atoms with E-state index in [9.17, 15) is 0 Å². The minimum absolute atomic E-state index is 0.200. The fourth-order valence-corrected chi connectivity index (χ4v) is 5.20. The number of hydrogen-bond acceptors (Lipinski definition) is 5. The zero-order valence-electron chi connectivity index (χ0n) is 17.8. The van der Waals surface area contributed by atoms with Gasteiger partial charge >= 0.3 is 0 Å². The maximum Gasteiger partial charge on any atom is 0.200 e. The quantitative estimate of drug-likeness (QED) is 0.597. The fourth-order valence-electron chi connectivity index (χ4n) is 5.20. The third-order valence-corrected chi connectivity index (χ3v) is 6.82. The number of furan rings is 1. The van der Waals surface area contributed by atoms with E-state index in [2.05, 4.69) is 64.5 Å². The molecule has 3 aromatic rings. The lowest BCUT2D eigenvalue weighted by Gasteiger charge is -2.51. The molecule has 0 saturated carbocycles. The Labute approximate surface area is 182 Å². The number of hydrogen-bond donors (Lipinski definition) is 0. The first-order valence-corrected chi connectivity index (χ1v) is 11.2. The predicted octanol–water partition coefficient (Wildman–Crippen LogP) is 5.12. The Morgan fingerprint density at radius 3 is 2.52 bits per heavy atom. The molecule has 1 saturated heterocycles. The summed E-state index contributed by atoms with van der Waals surface area (Å²) in [7, 11) is 0. The maximum absolute atomic E-state index is 6.72. The Kier molecular flexibility index (Phi) is 4.39. The van der Waals surface area contributed by atoms with Crippen LogP contribution >= 0.6 is 0 Å². The van der Waals surface area contributed by atoms with Crippen molar-refractivity contribution in [3.63, 3.8) is 0 Å². The molecule has 0 radical (unpaired) electrons. The molecular weight excluding hydrogens is 386 g/mol. The summed E-state index contributed by atoms with van der Waals surface area (Å²) in [5.41, 5.74) is 3.21. The lowest BCUT2D eigenvalue weighted by Crippen LogP contribution is -2.59. The highest BCUT2D eigenvalue weighted by molar-refractivity contribution is 5.99. The van der Waals surface area contributed by atoms with Gasteiger partial charge in [0.25, 0.3) is 0 Å². The second kappa shape index (κ2) is 7.27. The van der Waals surface area contributed by atoms with E-state index in [1.54, 1.807) is 0 Å². The van der Waals surface area contributed by atoms with Gasteiger partial charge in [0.1, 0.15) is 23.0 Å². The molecule has 0 bridgehead atoms. The van der Waals surface area contributed by atoms with Crippen LogP contribution in [0.1, 0.15) is 48.0 Å². The molecule has 31 heavy (non-hydrogen) atoms. The number of rotatable bonds is 3. The lowest BCUT2D eigenvalue weighted by atomic mass is 9.91. The van der Waals surface area contributed by atoms with Crippen LogP contribution in [-0.4, -0.2) is 34.4 Å². The molecule has 1 fully saturated rings. The van der Waals surface area contributed by atoms with Crippen LogP contribution in [0.2, 0.25) is 0 Å². The van der Waals surface area contributed by atoms with Gasteiger partial charge in [0.2, 0.25) is 5.72 Å². The average Bonchev–Trinajstić information content (AvgIpc) is 3.44.